The minimum absolute atomic E-state index is 0.139. The first-order valence-electron chi connectivity index (χ1n) is 11.0. The molecule has 0 fully saturated rings. The van der Waals surface area contributed by atoms with Gasteiger partial charge in [0, 0.05) is 27.1 Å². The van der Waals surface area contributed by atoms with Gasteiger partial charge in [-0.25, -0.2) is 4.98 Å². The Hall–Kier alpha value is -3.62. The molecule has 178 valence electrons. The molecule has 4 aromatic rings. The van der Waals surface area contributed by atoms with Crippen LogP contribution in [0.5, 0.6) is 5.75 Å². The molecule has 6 nitrogen and oxygen atoms in total. The Labute approximate surface area is 212 Å². The number of aryl methyl sites for hydroxylation is 1. The predicted octanol–water partition coefficient (Wildman–Crippen LogP) is 6.50. The van der Waals surface area contributed by atoms with E-state index in [0.29, 0.717) is 16.4 Å². The second-order valence-electron chi connectivity index (χ2n) is 7.87. The average Bonchev–Trinajstić information content (AvgIpc) is 3.32. The number of benzene rings is 3. The maximum Gasteiger partial charge on any atom is 0.255 e. The van der Waals surface area contributed by atoms with Gasteiger partial charge in [0.05, 0.1) is 18.1 Å². The number of hydrogen-bond donors (Lipinski definition) is 2. The average molecular weight is 504 g/mol. The Balaban J connectivity index is 1.35. The van der Waals surface area contributed by atoms with Gasteiger partial charge in [-0.1, -0.05) is 23.8 Å². The van der Waals surface area contributed by atoms with Crippen molar-refractivity contribution in [1.29, 1.82) is 0 Å². The molecule has 35 heavy (non-hydrogen) atoms. The lowest BCUT2D eigenvalue weighted by Gasteiger charge is -2.12. The third kappa shape index (κ3) is 6.49. The minimum atomic E-state index is -0.355. The number of anilines is 2. The number of thioether (sulfide) groups is 1. The molecule has 0 bridgehead atoms. The second kappa shape index (κ2) is 11.2. The van der Waals surface area contributed by atoms with Gasteiger partial charge >= 0.3 is 0 Å². The summed E-state index contributed by atoms with van der Waals surface area (Å²) in [6.07, 6.45) is 0. The van der Waals surface area contributed by atoms with Gasteiger partial charge in [-0.3, -0.25) is 9.59 Å². The number of amides is 2. The fourth-order valence-corrected chi connectivity index (χ4v) is 4.98. The number of ether oxygens (including phenoxy) is 1. The number of rotatable bonds is 8. The second-order valence-corrected chi connectivity index (χ2v) is 10.1. The summed E-state index contributed by atoms with van der Waals surface area (Å²) in [5.74, 6) is 0.472. The molecule has 3 aromatic carbocycles. The van der Waals surface area contributed by atoms with Crippen LogP contribution in [0.25, 0.3) is 11.3 Å². The van der Waals surface area contributed by atoms with E-state index in [1.54, 1.807) is 13.2 Å². The van der Waals surface area contributed by atoms with Crippen molar-refractivity contribution >= 4 is 45.7 Å². The largest absolute Gasteiger partial charge is 0.497 e. The summed E-state index contributed by atoms with van der Waals surface area (Å²) in [6, 6.07) is 22.5. The SMILES string of the molecule is COc1ccc(-c2csc(NC(=O)C(C)Sc3cccc(NC(=O)c4cccc(C)c4)c3)n2)cc1. The van der Waals surface area contributed by atoms with Gasteiger partial charge in [0.25, 0.3) is 5.91 Å². The van der Waals surface area contributed by atoms with Crippen LogP contribution in [0.1, 0.15) is 22.8 Å². The summed E-state index contributed by atoms with van der Waals surface area (Å²) >= 11 is 2.80. The smallest absolute Gasteiger partial charge is 0.255 e. The number of thiazole rings is 1. The van der Waals surface area contributed by atoms with E-state index in [-0.39, 0.29) is 17.1 Å². The Kier molecular flexibility index (Phi) is 7.84. The Morgan fingerprint density at radius 2 is 1.77 bits per heavy atom. The third-order valence-corrected chi connectivity index (χ3v) is 7.03. The molecular weight excluding hydrogens is 478 g/mol. The van der Waals surface area contributed by atoms with Crippen molar-refractivity contribution < 1.29 is 14.3 Å². The van der Waals surface area contributed by atoms with Crippen LogP contribution in [0.15, 0.2) is 83.1 Å². The number of methoxy groups -OCH3 is 1. The molecule has 1 heterocycles. The zero-order valence-corrected chi connectivity index (χ0v) is 21.2. The molecule has 0 aliphatic rings. The molecule has 2 amide bonds. The molecule has 4 rings (SSSR count). The molecule has 0 radical (unpaired) electrons. The first kappa shape index (κ1) is 24.5. The molecule has 0 saturated heterocycles. The van der Waals surface area contributed by atoms with Gasteiger partial charge in [0.2, 0.25) is 5.91 Å². The highest BCUT2D eigenvalue weighted by molar-refractivity contribution is 8.00. The molecule has 0 aliphatic heterocycles. The van der Waals surface area contributed by atoms with Crippen molar-refractivity contribution in [2.75, 3.05) is 17.7 Å². The maximum atomic E-state index is 12.8. The monoisotopic (exact) mass is 503 g/mol. The highest BCUT2D eigenvalue weighted by Gasteiger charge is 2.17. The zero-order valence-electron chi connectivity index (χ0n) is 19.6. The summed E-state index contributed by atoms with van der Waals surface area (Å²) in [6.45, 7) is 3.79. The fraction of sp³-hybridized carbons (Fsp3) is 0.148. The van der Waals surface area contributed by atoms with E-state index >= 15 is 0 Å². The Bertz CT molecular complexity index is 1340. The van der Waals surface area contributed by atoms with Crippen LogP contribution in [-0.4, -0.2) is 29.2 Å². The molecule has 0 saturated carbocycles. The highest BCUT2D eigenvalue weighted by atomic mass is 32.2. The molecular formula is C27H25N3O3S2. The lowest BCUT2D eigenvalue weighted by atomic mass is 10.1. The number of hydrogen-bond acceptors (Lipinski definition) is 6. The summed E-state index contributed by atoms with van der Waals surface area (Å²) < 4.78 is 5.19. The molecule has 0 spiro atoms. The Morgan fingerprint density at radius 3 is 2.51 bits per heavy atom. The van der Waals surface area contributed by atoms with Crippen LogP contribution in [0.3, 0.4) is 0 Å². The topological polar surface area (TPSA) is 80.3 Å². The van der Waals surface area contributed by atoms with Crippen LogP contribution >= 0.6 is 23.1 Å². The number of aromatic nitrogens is 1. The van der Waals surface area contributed by atoms with Gasteiger partial charge in [-0.15, -0.1) is 23.1 Å². The van der Waals surface area contributed by atoms with E-state index < -0.39 is 0 Å². The predicted molar refractivity (Wildman–Crippen MR) is 144 cm³/mol. The molecule has 1 atom stereocenters. The zero-order chi connectivity index (χ0) is 24.8. The lowest BCUT2D eigenvalue weighted by molar-refractivity contribution is -0.115. The van der Waals surface area contributed by atoms with Crippen molar-refractivity contribution in [3.05, 3.63) is 89.3 Å². The molecule has 1 aromatic heterocycles. The van der Waals surface area contributed by atoms with Crippen LogP contribution in [0.4, 0.5) is 10.8 Å². The van der Waals surface area contributed by atoms with Crippen molar-refractivity contribution in [3.8, 4) is 17.0 Å². The van der Waals surface area contributed by atoms with Crippen LogP contribution < -0.4 is 15.4 Å². The standard InChI is InChI=1S/C27H25N3O3S2/c1-17-6-4-7-20(14-17)26(32)28-21-8-5-9-23(15-21)35-18(2)25(31)30-27-29-24(16-34-27)19-10-12-22(33-3)13-11-19/h4-16,18H,1-3H3,(H,28,32)(H,29,30,31). The van der Waals surface area contributed by atoms with Crippen molar-refractivity contribution in [2.45, 2.75) is 24.0 Å². The maximum absolute atomic E-state index is 12.8. The summed E-state index contributed by atoms with van der Waals surface area (Å²) in [5.41, 5.74) is 4.06. The van der Waals surface area contributed by atoms with E-state index in [4.69, 9.17) is 4.74 Å². The number of carbonyl (C=O) groups is 2. The van der Waals surface area contributed by atoms with Crippen LogP contribution in [-0.2, 0) is 4.79 Å². The number of nitrogens with zero attached hydrogens (tertiary/aromatic N) is 1. The first-order chi connectivity index (χ1) is 16.9. The lowest BCUT2D eigenvalue weighted by Crippen LogP contribution is -2.22. The quantitative estimate of drug-likeness (QED) is 0.268. The van der Waals surface area contributed by atoms with E-state index in [1.165, 1.54) is 23.1 Å². The van der Waals surface area contributed by atoms with Gasteiger partial charge in [0.15, 0.2) is 5.13 Å². The molecule has 0 aliphatic carbocycles. The van der Waals surface area contributed by atoms with Crippen molar-refractivity contribution in [1.82, 2.24) is 4.98 Å². The Morgan fingerprint density at radius 1 is 1.00 bits per heavy atom. The van der Waals surface area contributed by atoms with Crippen LogP contribution in [0, 0.1) is 6.92 Å². The summed E-state index contributed by atoms with van der Waals surface area (Å²) in [7, 11) is 1.63. The van der Waals surface area contributed by atoms with Gasteiger partial charge in [-0.05, 0) is 68.4 Å². The molecule has 2 N–H and O–H groups in total. The van der Waals surface area contributed by atoms with Gasteiger partial charge in [-0.2, -0.15) is 0 Å². The van der Waals surface area contributed by atoms with Crippen molar-refractivity contribution in [2.24, 2.45) is 0 Å². The van der Waals surface area contributed by atoms with Crippen molar-refractivity contribution in [3.63, 3.8) is 0 Å². The van der Waals surface area contributed by atoms with Crippen LogP contribution in [0.2, 0.25) is 0 Å². The van der Waals surface area contributed by atoms with Gasteiger partial charge < -0.3 is 15.4 Å². The van der Waals surface area contributed by atoms with E-state index in [0.717, 1.165) is 27.5 Å². The van der Waals surface area contributed by atoms with Gasteiger partial charge in [0.1, 0.15) is 5.75 Å². The van der Waals surface area contributed by atoms with E-state index in [9.17, 15) is 9.59 Å². The third-order valence-electron chi connectivity index (χ3n) is 5.17. The van der Waals surface area contributed by atoms with E-state index in [2.05, 4.69) is 15.6 Å². The minimum Gasteiger partial charge on any atom is -0.497 e. The summed E-state index contributed by atoms with van der Waals surface area (Å²) in [5, 5.41) is 7.93. The first-order valence-corrected chi connectivity index (χ1v) is 12.7. The van der Waals surface area contributed by atoms with E-state index in [1.807, 2.05) is 86.0 Å². The summed E-state index contributed by atoms with van der Waals surface area (Å²) in [4.78, 5) is 30.7. The normalized spacial score (nSPS) is 11.5. The highest BCUT2D eigenvalue weighted by Crippen LogP contribution is 2.29. The molecule has 8 heteroatoms. The molecule has 1 unspecified atom stereocenters. The number of nitrogens with one attached hydrogen (secondary N) is 2. The fourth-order valence-electron chi connectivity index (χ4n) is 3.33. The number of carbonyl (C=O) groups excluding carboxylic acids is 2.